The van der Waals surface area contributed by atoms with E-state index in [2.05, 4.69) is 4.99 Å². The van der Waals surface area contributed by atoms with Crippen LogP contribution in [-0.2, 0) is 9.53 Å². The van der Waals surface area contributed by atoms with Crippen molar-refractivity contribution in [2.24, 2.45) is 16.8 Å². The molecule has 0 bridgehead atoms. The Labute approximate surface area is 83.6 Å². The third-order valence-corrected chi connectivity index (χ3v) is 2.82. The van der Waals surface area contributed by atoms with Gasteiger partial charge in [-0.1, -0.05) is 12.8 Å². The minimum absolute atomic E-state index is 0.375. The van der Waals surface area contributed by atoms with Gasteiger partial charge >= 0.3 is 0 Å². The molecule has 4 heteroatoms. The molecule has 0 saturated heterocycles. The van der Waals surface area contributed by atoms with E-state index in [1.165, 1.54) is 12.8 Å². The third kappa shape index (κ3) is 3.20. The summed E-state index contributed by atoms with van der Waals surface area (Å²) >= 11 is 0. The molecule has 0 aliphatic heterocycles. The van der Waals surface area contributed by atoms with E-state index in [0.717, 1.165) is 12.8 Å². The lowest BCUT2D eigenvalue weighted by molar-refractivity contribution is 0.132. The number of hydrogen-bond acceptors (Lipinski definition) is 4. The highest BCUT2D eigenvalue weighted by atomic mass is 16.5. The molecule has 0 heterocycles. The molecule has 0 aromatic heterocycles. The van der Waals surface area contributed by atoms with Crippen LogP contribution in [0.3, 0.4) is 0 Å². The summed E-state index contributed by atoms with van der Waals surface area (Å²) in [4.78, 5) is 13.6. The first kappa shape index (κ1) is 10.7. The normalized spacial score (nSPS) is 25.9. The van der Waals surface area contributed by atoms with E-state index in [0.29, 0.717) is 25.0 Å². The number of ether oxygens (including phenoxy) is 1. The molecular weight excluding hydrogens is 180 g/mol. The van der Waals surface area contributed by atoms with Crippen LogP contribution >= 0.6 is 0 Å². The Bertz CT molecular complexity index is 253. The van der Waals surface area contributed by atoms with Crippen molar-refractivity contribution >= 4 is 6.08 Å². The zero-order chi connectivity index (χ0) is 10.2. The number of hydrogen-bond donors (Lipinski definition) is 0. The standard InChI is InChI=1S/C10H14N2O2/c11-7-14-6-10-4-2-1-3-9(10)5-12-8-13/h9-10H,1-6H2. The van der Waals surface area contributed by atoms with Gasteiger partial charge in [0.25, 0.3) is 6.26 Å². The van der Waals surface area contributed by atoms with Crippen molar-refractivity contribution in [2.75, 3.05) is 13.2 Å². The summed E-state index contributed by atoms with van der Waals surface area (Å²) in [6.07, 6.45) is 7.75. The molecule has 1 rings (SSSR count). The summed E-state index contributed by atoms with van der Waals surface area (Å²) in [6, 6.07) is 0. The van der Waals surface area contributed by atoms with E-state index in [-0.39, 0.29) is 0 Å². The van der Waals surface area contributed by atoms with Gasteiger partial charge in [0.2, 0.25) is 6.08 Å². The Kier molecular flexibility index (Phi) is 4.74. The van der Waals surface area contributed by atoms with Crippen molar-refractivity contribution in [2.45, 2.75) is 25.7 Å². The van der Waals surface area contributed by atoms with E-state index in [4.69, 9.17) is 10.00 Å². The van der Waals surface area contributed by atoms with Crippen molar-refractivity contribution in [3.05, 3.63) is 0 Å². The molecule has 0 aromatic carbocycles. The van der Waals surface area contributed by atoms with Gasteiger partial charge in [-0.25, -0.2) is 9.79 Å². The maximum absolute atomic E-state index is 9.99. The van der Waals surface area contributed by atoms with Crippen molar-refractivity contribution in [1.29, 1.82) is 5.26 Å². The fourth-order valence-electron chi connectivity index (χ4n) is 2.04. The van der Waals surface area contributed by atoms with Crippen LogP contribution < -0.4 is 0 Å². The summed E-state index contributed by atoms with van der Waals surface area (Å²) in [5, 5.41) is 8.30. The quantitative estimate of drug-likeness (QED) is 0.388. The molecule has 0 aromatic rings. The van der Waals surface area contributed by atoms with Gasteiger partial charge in [-0.05, 0) is 24.7 Å². The molecule has 1 saturated carbocycles. The average molecular weight is 194 g/mol. The highest BCUT2D eigenvalue weighted by Crippen LogP contribution is 2.30. The second-order valence-electron chi connectivity index (χ2n) is 3.64. The fraction of sp³-hybridized carbons (Fsp3) is 0.800. The maximum atomic E-state index is 9.99. The van der Waals surface area contributed by atoms with E-state index >= 15 is 0 Å². The van der Waals surface area contributed by atoms with Gasteiger partial charge in [0.05, 0.1) is 6.54 Å². The van der Waals surface area contributed by atoms with Gasteiger partial charge in [-0.3, -0.25) is 0 Å². The molecule has 14 heavy (non-hydrogen) atoms. The molecule has 0 radical (unpaired) electrons. The van der Waals surface area contributed by atoms with Crippen LogP contribution in [0.2, 0.25) is 0 Å². The van der Waals surface area contributed by atoms with Gasteiger partial charge in [0, 0.05) is 0 Å². The summed E-state index contributed by atoms with van der Waals surface area (Å²) in [6.45, 7) is 0.999. The predicted octanol–water partition coefficient (Wildman–Crippen LogP) is 1.63. The van der Waals surface area contributed by atoms with Crippen LogP contribution in [0.15, 0.2) is 4.99 Å². The molecule has 1 aliphatic rings. The van der Waals surface area contributed by atoms with E-state index < -0.39 is 0 Å². The molecule has 4 nitrogen and oxygen atoms in total. The molecule has 0 spiro atoms. The minimum Gasteiger partial charge on any atom is -0.427 e. The van der Waals surface area contributed by atoms with Gasteiger partial charge in [-0.15, -0.1) is 0 Å². The van der Waals surface area contributed by atoms with Crippen molar-refractivity contribution in [3.8, 4) is 6.26 Å². The lowest BCUT2D eigenvalue weighted by Gasteiger charge is -2.28. The van der Waals surface area contributed by atoms with Gasteiger partial charge < -0.3 is 4.74 Å². The predicted molar refractivity (Wildman–Crippen MR) is 50.0 cm³/mol. The summed E-state index contributed by atoms with van der Waals surface area (Å²) in [5.41, 5.74) is 0. The number of nitriles is 1. The van der Waals surface area contributed by atoms with E-state index in [1.807, 2.05) is 0 Å². The SMILES string of the molecule is N#COCC1CCCCC1CN=C=O. The molecule has 1 aliphatic carbocycles. The molecular formula is C10H14N2O2. The first-order valence-corrected chi connectivity index (χ1v) is 4.93. The Morgan fingerprint density at radius 3 is 2.71 bits per heavy atom. The van der Waals surface area contributed by atoms with Gasteiger partial charge in [0.15, 0.2) is 0 Å². The molecule has 76 valence electrons. The van der Waals surface area contributed by atoms with E-state index in [1.54, 1.807) is 12.3 Å². The number of rotatable bonds is 4. The number of aliphatic imine (C=N–C) groups is 1. The van der Waals surface area contributed by atoms with Crippen molar-refractivity contribution < 1.29 is 9.53 Å². The molecule has 0 N–H and O–H groups in total. The molecule has 0 amide bonds. The van der Waals surface area contributed by atoms with Crippen LogP contribution in [0.25, 0.3) is 0 Å². The number of isocyanates is 1. The first-order valence-electron chi connectivity index (χ1n) is 4.93. The Hall–Kier alpha value is -1.33. The number of nitrogens with zero attached hydrogens (tertiary/aromatic N) is 2. The van der Waals surface area contributed by atoms with Gasteiger partial charge in [-0.2, -0.15) is 5.26 Å². The second kappa shape index (κ2) is 6.17. The van der Waals surface area contributed by atoms with E-state index in [9.17, 15) is 4.79 Å². The molecule has 2 atom stereocenters. The molecule has 1 fully saturated rings. The van der Waals surface area contributed by atoms with Crippen LogP contribution in [0.4, 0.5) is 0 Å². The van der Waals surface area contributed by atoms with Crippen LogP contribution in [-0.4, -0.2) is 19.2 Å². The number of carbonyl (C=O) groups excluding carboxylic acids is 1. The average Bonchev–Trinajstić information content (AvgIpc) is 2.24. The van der Waals surface area contributed by atoms with Crippen LogP contribution in [0.1, 0.15) is 25.7 Å². The Balaban J connectivity index is 2.41. The summed E-state index contributed by atoms with van der Waals surface area (Å²) in [5.74, 6) is 0.763. The largest absolute Gasteiger partial charge is 0.427 e. The van der Waals surface area contributed by atoms with Gasteiger partial charge in [0.1, 0.15) is 6.61 Å². The zero-order valence-electron chi connectivity index (χ0n) is 8.11. The molecule has 2 unspecified atom stereocenters. The topological polar surface area (TPSA) is 62.4 Å². The highest BCUT2D eigenvalue weighted by molar-refractivity contribution is 5.32. The highest BCUT2D eigenvalue weighted by Gasteiger charge is 2.25. The Morgan fingerprint density at radius 1 is 1.36 bits per heavy atom. The third-order valence-electron chi connectivity index (χ3n) is 2.82. The monoisotopic (exact) mass is 194 g/mol. The lowest BCUT2D eigenvalue weighted by Crippen LogP contribution is -2.25. The first-order chi connectivity index (χ1) is 6.88. The van der Waals surface area contributed by atoms with Crippen molar-refractivity contribution in [3.63, 3.8) is 0 Å². The zero-order valence-corrected chi connectivity index (χ0v) is 8.11. The van der Waals surface area contributed by atoms with Crippen LogP contribution in [0, 0.1) is 23.4 Å². The van der Waals surface area contributed by atoms with Crippen LogP contribution in [0.5, 0.6) is 0 Å². The smallest absolute Gasteiger partial charge is 0.286 e. The summed E-state index contributed by atoms with van der Waals surface area (Å²) < 4.78 is 4.75. The van der Waals surface area contributed by atoms with Crippen molar-refractivity contribution in [1.82, 2.24) is 0 Å². The minimum atomic E-state index is 0.375. The second-order valence-corrected chi connectivity index (χ2v) is 3.64. The lowest BCUT2D eigenvalue weighted by atomic mass is 9.80. The maximum Gasteiger partial charge on any atom is 0.286 e. The Morgan fingerprint density at radius 2 is 2.07 bits per heavy atom. The fourth-order valence-corrected chi connectivity index (χ4v) is 2.04. The summed E-state index contributed by atoms with van der Waals surface area (Å²) in [7, 11) is 0.